The number of aliphatic hydroxyl groups excluding tert-OH is 3. The Morgan fingerprint density at radius 1 is 1.27 bits per heavy atom. The molecule has 0 bridgehead atoms. The first-order valence-electron chi connectivity index (χ1n) is 3.68. The number of nitrogens with one attached hydrogen (secondary N) is 1. The fourth-order valence-corrected chi connectivity index (χ4v) is 0.941. The molecule has 1 atom stereocenters. The van der Waals surface area contributed by atoms with Crippen molar-refractivity contribution in [3.05, 3.63) is 0 Å². The summed E-state index contributed by atoms with van der Waals surface area (Å²) in [5, 5.41) is 29.5. The molecule has 0 saturated heterocycles. The van der Waals surface area contributed by atoms with E-state index in [1.54, 1.807) is 14.0 Å². The average Bonchev–Trinajstić information content (AvgIpc) is 2.08. The molecule has 4 N–H and O–H groups in total. The summed E-state index contributed by atoms with van der Waals surface area (Å²) in [5.41, 5.74) is -0.755. The van der Waals surface area contributed by atoms with Crippen LogP contribution in [-0.2, 0) is 0 Å². The summed E-state index contributed by atoms with van der Waals surface area (Å²) < 4.78 is 0. The van der Waals surface area contributed by atoms with Gasteiger partial charge in [-0.1, -0.05) is 6.92 Å². The van der Waals surface area contributed by atoms with Crippen LogP contribution in [0.3, 0.4) is 0 Å². The van der Waals surface area contributed by atoms with Gasteiger partial charge in [0.25, 0.3) is 0 Å². The summed E-state index contributed by atoms with van der Waals surface area (Å²) in [6, 6.07) is 0. The smallest absolute Gasteiger partial charge is 0.0693 e. The third-order valence-corrected chi connectivity index (χ3v) is 2.28. The van der Waals surface area contributed by atoms with Gasteiger partial charge in [-0.3, -0.25) is 0 Å². The third kappa shape index (κ3) is 2.13. The Balaban J connectivity index is 4.26. The second-order valence-electron chi connectivity index (χ2n) is 2.81. The Morgan fingerprint density at radius 3 is 1.82 bits per heavy atom. The lowest BCUT2D eigenvalue weighted by molar-refractivity contribution is 0.0330. The Morgan fingerprint density at radius 2 is 1.73 bits per heavy atom. The van der Waals surface area contributed by atoms with Crippen LogP contribution in [-0.4, -0.2) is 47.7 Å². The second kappa shape index (κ2) is 4.66. The minimum Gasteiger partial charge on any atom is -0.396 e. The number of hydrogen-bond donors (Lipinski definition) is 4. The molecule has 0 fully saturated rings. The lowest BCUT2D eigenvalue weighted by Gasteiger charge is -2.34. The fourth-order valence-electron chi connectivity index (χ4n) is 0.941. The van der Waals surface area contributed by atoms with Gasteiger partial charge in [0.2, 0.25) is 0 Å². The molecule has 4 heteroatoms. The van der Waals surface area contributed by atoms with E-state index in [1.165, 1.54) is 0 Å². The molecule has 0 aliphatic carbocycles. The van der Waals surface area contributed by atoms with Crippen molar-refractivity contribution < 1.29 is 15.3 Å². The zero-order valence-corrected chi connectivity index (χ0v) is 7.04. The molecule has 0 rings (SSSR count). The second-order valence-corrected chi connectivity index (χ2v) is 2.81. The molecule has 0 aliphatic heterocycles. The standard InChI is InChI=1S/C7H17NO3/c1-6(3-9)7(4-10,5-11)8-2/h6,8-11H,3-5H2,1-2H3. The summed E-state index contributed by atoms with van der Waals surface area (Å²) in [4.78, 5) is 0. The molecule has 11 heavy (non-hydrogen) atoms. The number of likely N-dealkylation sites (N-methyl/N-ethyl adjacent to an activating group) is 1. The molecule has 0 spiro atoms. The molecule has 0 heterocycles. The van der Waals surface area contributed by atoms with Crippen LogP contribution in [0.1, 0.15) is 6.92 Å². The van der Waals surface area contributed by atoms with Gasteiger partial charge in [-0.05, 0) is 7.05 Å². The Kier molecular flexibility index (Phi) is 4.60. The van der Waals surface area contributed by atoms with Gasteiger partial charge in [-0.25, -0.2) is 0 Å². The highest BCUT2D eigenvalue weighted by Gasteiger charge is 2.32. The van der Waals surface area contributed by atoms with Crippen molar-refractivity contribution in [2.75, 3.05) is 26.9 Å². The Labute approximate surface area is 66.9 Å². The van der Waals surface area contributed by atoms with Crippen molar-refractivity contribution in [2.45, 2.75) is 12.5 Å². The van der Waals surface area contributed by atoms with Gasteiger partial charge in [0.05, 0.1) is 18.8 Å². The highest BCUT2D eigenvalue weighted by atomic mass is 16.3. The number of rotatable bonds is 5. The summed E-state index contributed by atoms with van der Waals surface area (Å²) in [5.74, 6) is -0.164. The molecular weight excluding hydrogens is 146 g/mol. The van der Waals surface area contributed by atoms with Crippen molar-refractivity contribution in [3.8, 4) is 0 Å². The van der Waals surface area contributed by atoms with Crippen LogP contribution in [0.2, 0.25) is 0 Å². The van der Waals surface area contributed by atoms with Crippen molar-refractivity contribution in [3.63, 3.8) is 0 Å². The van der Waals surface area contributed by atoms with Gasteiger partial charge in [0.1, 0.15) is 0 Å². The van der Waals surface area contributed by atoms with E-state index >= 15 is 0 Å². The molecule has 0 aromatic heterocycles. The fraction of sp³-hybridized carbons (Fsp3) is 1.00. The van der Waals surface area contributed by atoms with Crippen LogP contribution in [0, 0.1) is 5.92 Å². The summed E-state index contributed by atoms with van der Waals surface area (Å²) in [6.07, 6.45) is 0. The van der Waals surface area contributed by atoms with Crippen LogP contribution in [0.5, 0.6) is 0 Å². The average molecular weight is 163 g/mol. The molecule has 0 aliphatic rings. The minimum absolute atomic E-state index is 0.0536. The zero-order valence-electron chi connectivity index (χ0n) is 7.04. The maximum Gasteiger partial charge on any atom is 0.0693 e. The van der Waals surface area contributed by atoms with E-state index in [0.717, 1.165) is 0 Å². The van der Waals surface area contributed by atoms with E-state index in [-0.39, 0.29) is 25.7 Å². The minimum atomic E-state index is -0.755. The lowest BCUT2D eigenvalue weighted by Crippen LogP contribution is -2.55. The third-order valence-electron chi connectivity index (χ3n) is 2.28. The highest BCUT2D eigenvalue weighted by molar-refractivity contribution is 4.90. The normalized spacial score (nSPS) is 15.0. The summed E-state index contributed by atoms with van der Waals surface area (Å²) in [6.45, 7) is 1.36. The van der Waals surface area contributed by atoms with Crippen molar-refractivity contribution in [1.82, 2.24) is 5.32 Å². The predicted octanol–water partition coefficient (Wildman–Crippen LogP) is -1.44. The molecule has 0 saturated carbocycles. The predicted molar refractivity (Wildman–Crippen MR) is 42.2 cm³/mol. The summed E-state index contributed by atoms with van der Waals surface area (Å²) >= 11 is 0. The van der Waals surface area contributed by atoms with Crippen LogP contribution in [0.25, 0.3) is 0 Å². The van der Waals surface area contributed by atoms with E-state index in [2.05, 4.69) is 5.32 Å². The maximum absolute atomic E-state index is 8.94. The van der Waals surface area contributed by atoms with E-state index in [9.17, 15) is 0 Å². The molecule has 0 amide bonds. The molecule has 0 aromatic carbocycles. The first-order chi connectivity index (χ1) is 5.16. The van der Waals surface area contributed by atoms with Gasteiger partial charge < -0.3 is 20.6 Å². The SMILES string of the molecule is CNC(CO)(CO)C(C)CO. The van der Waals surface area contributed by atoms with Crippen molar-refractivity contribution >= 4 is 0 Å². The van der Waals surface area contributed by atoms with Crippen molar-refractivity contribution in [2.24, 2.45) is 5.92 Å². The molecule has 0 radical (unpaired) electrons. The molecule has 4 nitrogen and oxygen atoms in total. The van der Waals surface area contributed by atoms with Gasteiger partial charge in [0, 0.05) is 12.5 Å². The van der Waals surface area contributed by atoms with E-state index in [4.69, 9.17) is 15.3 Å². The first kappa shape index (κ1) is 10.8. The largest absolute Gasteiger partial charge is 0.396 e. The first-order valence-corrected chi connectivity index (χ1v) is 3.68. The summed E-state index contributed by atoms with van der Waals surface area (Å²) in [7, 11) is 1.65. The van der Waals surface area contributed by atoms with E-state index in [0.29, 0.717) is 0 Å². The maximum atomic E-state index is 8.94. The van der Waals surface area contributed by atoms with Gasteiger partial charge in [-0.15, -0.1) is 0 Å². The quantitative estimate of drug-likeness (QED) is 0.400. The monoisotopic (exact) mass is 163 g/mol. The van der Waals surface area contributed by atoms with E-state index in [1.807, 2.05) is 0 Å². The van der Waals surface area contributed by atoms with Gasteiger partial charge in [0.15, 0.2) is 0 Å². The number of hydrogen-bond acceptors (Lipinski definition) is 4. The highest BCUT2D eigenvalue weighted by Crippen LogP contribution is 2.14. The van der Waals surface area contributed by atoms with E-state index < -0.39 is 5.54 Å². The van der Waals surface area contributed by atoms with Crippen LogP contribution < -0.4 is 5.32 Å². The van der Waals surface area contributed by atoms with Crippen LogP contribution in [0.15, 0.2) is 0 Å². The Bertz CT molecular complexity index is 95.6. The topological polar surface area (TPSA) is 72.7 Å². The van der Waals surface area contributed by atoms with Crippen LogP contribution in [0.4, 0.5) is 0 Å². The number of aliphatic hydroxyl groups is 3. The molecule has 68 valence electrons. The van der Waals surface area contributed by atoms with Gasteiger partial charge >= 0.3 is 0 Å². The van der Waals surface area contributed by atoms with Gasteiger partial charge in [-0.2, -0.15) is 0 Å². The Hall–Kier alpha value is -0.160. The lowest BCUT2D eigenvalue weighted by atomic mass is 9.87. The van der Waals surface area contributed by atoms with Crippen molar-refractivity contribution in [1.29, 1.82) is 0 Å². The van der Waals surface area contributed by atoms with Crippen LogP contribution >= 0.6 is 0 Å². The molecule has 1 unspecified atom stereocenters. The zero-order chi connectivity index (χ0) is 8.91. The molecule has 0 aromatic rings. The molecular formula is C7H17NO3.